The summed E-state index contributed by atoms with van der Waals surface area (Å²) >= 11 is 1.42. The molecule has 0 aromatic heterocycles. The molecule has 130 valence electrons. The Labute approximate surface area is 147 Å². The Morgan fingerprint density at radius 3 is 2.83 bits per heavy atom. The van der Waals surface area contributed by atoms with E-state index < -0.39 is 9.84 Å². The Hall–Kier alpha value is -1.34. The third-order valence-corrected chi connectivity index (χ3v) is 7.80. The van der Waals surface area contributed by atoms with Gasteiger partial charge in [-0.2, -0.15) is 4.99 Å². The van der Waals surface area contributed by atoms with Gasteiger partial charge in [0.1, 0.15) is 0 Å². The highest BCUT2D eigenvalue weighted by molar-refractivity contribution is 8.16. The minimum absolute atomic E-state index is 0.0565. The summed E-state index contributed by atoms with van der Waals surface area (Å²) in [5.74, 6) is 0.0122. The van der Waals surface area contributed by atoms with Crippen molar-refractivity contribution < 1.29 is 13.2 Å². The zero-order valence-electron chi connectivity index (χ0n) is 14.1. The molecule has 0 radical (unpaired) electrons. The van der Waals surface area contributed by atoms with Crippen LogP contribution in [0.25, 0.3) is 0 Å². The first-order valence-electron chi connectivity index (χ1n) is 8.16. The monoisotopic (exact) mass is 366 g/mol. The Kier molecular flexibility index (Phi) is 4.75. The molecule has 0 unspecified atom stereocenters. The van der Waals surface area contributed by atoms with Crippen molar-refractivity contribution in [1.82, 2.24) is 0 Å². The number of sulfone groups is 1. The molecule has 0 bridgehead atoms. The van der Waals surface area contributed by atoms with Crippen LogP contribution >= 0.6 is 11.8 Å². The predicted molar refractivity (Wildman–Crippen MR) is 99.4 cm³/mol. The lowest BCUT2D eigenvalue weighted by molar-refractivity contribution is -0.121. The SMILES string of the molecule is CC[C@H](C)C(=O)N=C1S[C@H]2CS(=O)(=O)C[C@H]2N1c1cccc(C)c1. The lowest BCUT2D eigenvalue weighted by Gasteiger charge is -2.25. The van der Waals surface area contributed by atoms with Gasteiger partial charge >= 0.3 is 0 Å². The minimum Gasteiger partial charge on any atom is -0.316 e. The van der Waals surface area contributed by atoms with E-state index in [2.05, 4.69) is 4.99 Å². The Bertz CT molecular complexity index is 789. The van der Waals surface area contributed by atoms with Gasteiger partial charge in [-0.25, -0.2) is 8.42 Å². The molecule has 3 rings (SSSR count). The van der Waals surface area contributed by atoms with E-state index in [4.69, 9.17) is 0 Å². The Morgan fingerprint density at radius 2 is 2.17 bits per heavy atom. The maximum absolute atomic E-state index is 12.3. The summed E-state index contributed by atoms with van der Waals surface area (Å²) in [5, 5.41) is 0.579. The van der Waals surface area contributed by atoms with Crippen molar-refractivity contribution >= 4 is 38.4 Å². The smallest absolute Gasteiger partial charge is 0.250 e. The van der Waals surface area contributed by atoms with Crippen molar-refractivity contribution in [1.29, 1.82) is 0 Å². The molecule has 1 amide bonds. The highest BCUT2D eigenvalue weighted by Crippen LogP contribution is 2.41. The molecule has 2 aliphatic heterocycles. The van der Waals surface area contributed by atoms with E-state index in [1.54, 1.807) is 0 Å². The number of amides is 1. The van der Waals surface area contributed by atoms with Crippen LogP contribution in [0, 0.1) is 12.8 Å². The number of anilines is 1. The van der Waals surface area contributed by atoms with E-state index in [9.17, 15) is 13.2 Å². The van der Waals surface area contributed by atoms with E-state index in [1.165, 1.54) is 11.8 Å². The topological polar surface area (TPSA) is 66.8 Å². The van der Waals surface area contributed by atoms with Gasteiger partial charge in [-0.15, -0.1) is 0 Å². The van der Waals surface area contributed by atoms with Crippen molar-refractivity contribution in [3.8, 4) is 0 Å². The van der Waals surface area contributed by atoms with Gasteiger partial charge in [0.25, 0.3) is 5.91 Å². The normalized spacial score (nSPS) is 28.1. The van der Waals surface area contributed by atoms with Crippen LogP contribution in [0.4, 0.5) is 5.69 Å². The first-order valence-corrected chi connectivity index (χ1v) is 10.9. The molecule has 3 atom stereocenters. The van der Waals surface area contributed by atoms with Crippen LogP contribution in [0.15, 0.2) is 29.3 Å². The summed E-state index contributed by atoms with van der Waals surface area (Å²) in [4.78, 5) is 18.6. The molecule has 0 spiro atoms. The first kappa shape index (κ1) is 17.5. The molecule has 7 heteroatoms. The summed E-state index contributed by atoms with van der Waals surface area (Å²) in [6, 6.07) is 7.75. The standard InChI is InChI=1S/C17H22N2O3S2/c1-4-12(3)16(20)18-17-19(13-7-5-6-11(2)8-13)14-9-24(21,22)10-15(14)23-17/h5-8,12,14-15H,4,9-10H2,1-3H3/t12-,14+,15-/m0/s1. The molecular weight excluding hydrogens is 344 g/mol. The molecular formula is C17H22N2O3S2. The second-order valence-corrected chi connectivity index (χ2v) is 9.91. The van der Waals surface area contributed by atoms with Gasteiger partial charge < -0.3 is 4.90 Å². The molecule has 0 aliphatic carbocycles. The van der Waals surface area contributed by atoms with Gasteiger partial charge in [0.2, 0.25) is 0 Å². The van der Waals surface area contributed by atoms with Crippen LogP contribution in [0.2, 0.25) is 0 Å². The van der Waals surface area contributed by atoms with Crippen molar-refractivity contribution in [3.63, 3.8) is 0 Å². The van der Waals surface area contributed by atoms with Crippen molar-refractivity contribution in [3.05, 3.63) is 29.8 Å². The van der Waals surface area contributed by atoms with E-state index in [1.807, 2.05) is 49.9 Å². The number of carbonyl (C=O) groups excluding carboxylic acids is 1. The second-order valence-electron chi connectivity index (χ2n) is 6.55. The number of benzene rings is 1. The number of aliphatic imine (C=N–C) groups is 1. The van der Waals surface area contributed by atoms with E-state index in [0.717, 1.165) is 17.7 Å². The number of hydrogen-bond acceptors (Lipinski definition) is 4. The molecule has 2 fully saturated rings. The highest BCUT2D eigenvalue weighted by Gasteiger charge is 2.49. The number of rotatable bonds is 3. The first-order chi connectivity index (χ1) is 11.3. The van der Waals surface area contributed by atoms with Gasteiger partial charge in [0, 0.05) is 16.9 Å². The largest absolute Gasteiger partial charge is 0.316 e. The van der Waals surface area contributed by atoms with Gasteiger partial charge in [0.15, 0.2) is 15.0 Å². The van der Waals surface area contributed by atoms with Crippen LogP contribution in [0.1, 0.15) is 25.8 Å². The second kappa shape index (κ2) is 6.52. The fourth-order valence-corrected chi connectivity index (χ4v) is 6.94. The molecule has 5 nitrogen and oxygen atoms in total. The number of fused-ring (bicyclic) bond motifs is 1. The summed E-state index contributed by atoms with van der Waals surface area (Å²) < 4.78 is 24.0. The van der Waals surface area contributed by atoms with Crippen molar-refractivity contribution in [2.24, 2.45) is 10.9 Å². The zero-order valence-corrected chi connectivity index (χ0v) is 15.7. The van der Waals surface area contributed by atoms with Gasteiger partial charge in [-0.3, -0.25) is 4.79 Å². The Balaban J connectivity index is 2.00. The summed E-state index contributed by atoms with van der Waals surface area (Å²) in [6.45, 7) is 5.83. The summed E-state index contributed by atoms with van der Waals surface area (Å²) in [6.07, 6.45) is 0.742. The minimum atomic E-state index is -3.03. The number of aryl methyl sites for hydroxylation is 1. The molecule has 0 N–H and O–H groups in total. The lowest BCUT2D eigenvalue weighted by atomic mass is 10.1. The van der Waals surface area contributed by atoms with E-state index in [-0.39, 0.29) is 34.6 Å². The predicted octanol–water partition coefficient (Wildman–Crippen LogP) is 2.64. The maximum Gasteiger partial charge on any atom is 0.250 e. The molecule has 1 aromatic carbocycles. The molecule has 2 saturated heterocycles. The van der Waals surface area contributed by atoms with Gasteiger partial charge in [0.05, 0.1) is 17.5 Å². The fraction of sp³-hybridized carbons (Fsp3) is 0.529. The molecule has 1 aromatic rings. The van der Waals surface area contributed by atoms with Crippen molar-refractivity contribution in [2.45, 2.75) is 38.5 Å². The van der Waals surface area contributed by atoms with Crippen LogP contribution in [-0.4, -0.2) is 42.3 Å². The van der Waals surface area contributed by atoms with Crippen LogP contribution in [0.5, 0.6) is 0 Å². The van der Waals surface area contributed by atoms with Crippen molar-refractivity contribution in [2.75, 3.05) is 16.4 Å². The number of thioether (sulfide) groups is 1. The molecule has 2 aliphatic rings. The quantitative estimate of drug-likeness (QED) is 0.823. The molecule has 0 saturated carbocycles. The number of amidine groups is 1. The van der Waals surface area contributed by atoms with Crippen LogP contribution in [0.3, 0.4) is 0 Å². The van der Waals surface area contributed by atoms with Crippen LogP contribution < -0.4 is 4.90 Å². The third-order valence-electron chi connectivity index (χ3n) is 4.59. The van der Waals surface area contributed by atoms with E-state index in [0.29, 0.717) is 5.17 Å². The fourth-order valence-electron chi connectivity index (χ4n) is 3.02. The van der Waals surface area contributed by atoms with E-state index >= 15 is 0 Å². The maximum atomic E-state index is 12.3. The number of carbonyl (C=O) groups is 1. The zero-order chi connectivity index (χ0) is 17.5. The number of hydrogen-bond donors (Lipinski definition) is 0. The van der Waals surface area contributed by atoms with Gasteiger partial charge in [-0.05, 0) is 31.0 Å². The highest BCUT2D eigenvalue weighted by atomic mass is 32.2. The lowest BCUT2D eigenvalue weighted by Crippen LogP contribution is -2.37. The summed E-state index contributed by atoms with van der Waals surface area (Å²) in [5.41, 5.74) is 2.00. The molecule has 24 heavy (non-hydrogen) atoms. The Morgan fingerprint density at radius 1 is 1.42 bits per heavy atom. The van der Waals surface area contributed by atoms with Crippen LogP contribution in [-0.2, 0) is 14.6 Å². The summed E-state index contributed by atoms with van der Waals surface area (Å²) in [7, 11) is -3.03. The van der Waals surface area contributed by atoms with Gasteiger partial charge in [-0.1, -0.05) is 37.7 Å². The third kappa shape index (κ3) is 3.37. The number of nitrogens with zero attached hydrogens (tertiary/aromatic N) is 2. The average Bonchev–Trinajstić information content (AvgIpc) is 2.97. The average molecular weight is 367 g/mol. The molecule has 2 heterocycles.